The minimum atomic E-state index is -1.25. The molecule has 2 N–H and O–H groups in total. The molecule has 0 unspecified atom stereocenters. The zero-order valence-electron chi connectivity index (χ0n) is 35.9. The fraction of sp³-hybridized carbons (Fsp3) is 0.833. The molecule has 0 aromatic carbocycles. The summed E-state index contributed by atoms with van der Waals surface area (Å²) in [6, 6.07) is 0. The van der Waals surface area contributed by atoms with Gasteiger partial charge >= 0.3 is 11.9 Å². The Hall–Kier alpha value is -1.99. The van der Waals surface area contributed by atoms with Crippen molar-refractivity contribution in [2.45, 2.75) is 151 Å². The number of carbonyl (C=O) groups excluding carboxylic acids is 1. The summed E-state index contributed by atoms with van der Waals surface area (Å²) in [6.45, 7) is 27.5. The van der Waals surface area contributed by atoms with Crippen LogP contribution >= 0.6 is 0 Å². The minimum absolute atomic E-state index is 0.00914. The highest BCUT2D eigenvalue weighted by molar-refractivity contribution is 5.76. The molecule has 1 heterocycles. The van der Waals surface area contributed by atoms with Crippen LogP contribution in [0.15, 0.2) is 35.5 Å². The quantitative estimate of drug-likeness (QED) is 0.170. The third kappa shape index (κ3) is 6.27. The normalized spacial score (nSPS) is 43.5. The Labute approximate surface area is 332 Å². The Kier molecular flexibility index (Phi) is 10.8. The zero-order chi connectivity index (χ0) is 39.8. The number of carboxylic acids is 1. The van der Waals surface area contributed by atoms with E-state index in [1.54, 1.807) is 0 Å². The van der Waals surface area contributed by atoms with Gasteiger partial charge in [-0.2, -0.15) is 0 Å². The third-order valence-corrected chi connectivity index (χ3v) is 18.9. The lowest BCUT2D eigenvalue weighted by Crippen LogP contribution is -2.68. The number of fused-ring (bicyclic) bond motifs is 7. The number of ether oxygens (including phenoxy) is 1. The van der Waals surface area contributed by atoms with Gasteiger partial charge in [-0.3, -0.25) is 9.59 Å². The van der Waals surface area contributed by atoms with E-state index in [-0.39, 0.29) is 38.6 Å². The number of esters is 1. The number of piperidine rings is 1. The molecule has 0 spiro atoms. The second-order valence-electron chi connectivity index (χ2n) is 21.6. The maximum atomic E-state index is 14.0. The summed E-state index contributed by atoms with van der Waals surface area (Å²) in [5.41, 5.74) is 3.38. The maximum Gasteiger partial charge on any atom is 0.312 e. The molecule has 0 amide bonds. The van der Waals surface area contributed by atoms with E-state index in [9.17, 15) is 19.1 Å². The van der Waals surface area contributed by atoms with E-state index in [0.29, 0.717) is 55.5 Å². The standard InChI is InChI=1S/C48H75FN2O4/c1-10-55-41(54)43(6)25-28-51(29-26-43)30-27-50-48-22-15-34(32(2)3)39(48)36-11-12-38-44(7)18-16-35(33-13-20-47(31-49,21-14-33)40(52)53)42(4,5)37(44)17-19-46(38,9)45(36,8)23-24-48/h13,16,34,36-39,50H,2,10-12,14-15,17-31H2,1,3-9H3,(H,52,53)/t34-,36+,37-,38+,39+,44-,45+,46+,47+,48-/m0/s1. The summed E-state index contributed by atoms with van der Waals surface area (Å²) in [6.07, 6.45) is 18.9. The fourth-order valence-electron chi connectivity index (χ4n) is 15.4. The molecule has 1 aliphatic heterocycles. The average molecular weight is 763 g/mol. The van der Waals surface area contributed by atoms with Crippen molar-refractivity contribution in [2.75, 3.05) is 39.5 Å². The lowest BCUT2D eigenvalue weighted by Gasteiger charge is -2.72. The zero-order valence-corrected chi connectivity index (χ0v) is 35.9. The van der Waals surface area contributed by atoms with Crippen LogP contribution in [0.5, 0.6) is 0 Å². The molecule has 308 valence electrons. The van der Waals surface area contributed by atoms with Gasteiger partial charge in [0.1, 0.15) is 6.67 Å². The Morgan fingerprint density at radius 2 is 1.64 bits per heavy atom. The van der Waals surface area contributed by atoms with Crippen LogP contribution < -0.4 is 5.32 Å². The van der Waals surface area contributed by atoms with Gasteiger partial charge in [0, 0.05) is 18.6 Å². The number of hydrogen-bond donors (Lipinski definition) is 2. The van der Waals surface area contributed by atoms with E-state index in [1.807, 2.05) is 6.92 Å². The van der Waals surface area contributed by atoms with Crippen LogP contribution in [-0.4, -0.2) is 66.9 Å². The molecule has 6 aliphatic carbocycles. The van der Waals surface area contributed by atoms with Gasteiger partial charge in [0.25, 0.3) is 0 Å². The predicted molar refractivity (Wildman–Crippen MR) is 219 cm³/mol. The molecule has 5 fully saturated rings. The smallest absolute Gasteiger partial charge is 0.312 e. The van der Waals surface area contributed by atoms with Crippen LogP contribution in [-0.2, 0) is 14.3 Å². The van der Waals surface area contributed by atoms with Crippen LogP contribution in [0.2, 0.25) is 0 Å². The second-order valence-corrected chi connectivity index (χ2v) is 21.6. The molecule has 7 rings (SSSR count). The Morgan fingerprint density at radius 3 is 2.25 bits per heavy atom. The number of rotatable bonds is 10. The SMILES string of the molecule is C=C(C)[C@@H]1CC[C@]2(NCCN3CCC(C)(C(=O)OCC)CC3)CC[C@]3(C)[C@H](CC[C@@H]4[C@@]5(C)CC=C(C6=CC[C@@](CF)(C(=O)O)CC6)C(C)(C)[C@@H]5CC[C@]43C)[C@@H]12. The molecule has 7 aliphatic rings. The van der Waals surface area contributed by atoms with E-state index in [0.717, 1.165) is 45.4 Å². The van der Waals surface area contributed by atoms with Crippen LogP contribution in [0.1, 0.15) is 145 Å². The molecule has 0 radical (unpaired) electrons. The van der Waals surface area contributed by atoms with E-state index in [1.165, 1.54) is 68.1 Å². The van der Waals surface area contributed by atoms with Gasteiger partial charge in [0.15, 0.2) is 0 Å². The van der Waals surface area contributed by atoms with Crippen molar-refractivity contribution in [3.63, 3.8) is 0 Å². The molecule has 4 saturated carbocycles. The number of nitrogens with zero attached hydrogens (tertiary/aromatic N) is 1. The van der Waals surface area contributed by atoms with Gasteiger partial charge in [0.05, 0.1) is 17.4 Å². The molecule has 55 heavy (non-hydrogen) atoms. The average Bonchev–Trinajstić information content (AvgIpc) is 3.53. The summed E-state index contributed by atoms with van der Waals surface area (Å²) in [5.74, 6) is 2.08. The van der Waals surface area contributed by atoms with Gasteiger partial charge in [-0.25, -0.2) is 4.39 Å². The van der Waals surface area contributed by atoms with Gasteiger partial charge in [-0.1, -0.05) is 58.9 Å². The number of hydrogen-bond acceptors (Lipinski definition) is 5. The number of halogens is 1. The van der Waals surface area contributed by atoms with E-state index in [2.05, 4.69) is 77.4 Å². The van der Waals surface area contributed by atoms with Crippen LogP contribution in [0, 0.1) is 62.1 Å². The number of alkyl halides is 1. The topological polar surface area (TPSA) is 78.9 Å². The van der Waals surface area contributed by atoms with Crippen molar-refractivity contribution >= 4 is 11.9 Å². The number of carboxylic acid groups (broad SMARTS) is 1. The summed E-state index contributed by atoms with van der Waals surface area (Å²) in [4.78, 5) is 27.2. The Balaban J connectivity index is 1.09. The predicted octanol–water partition coefficient (Wildman–Crippen LogP) is 10.3. The van der Waals surface area contributed by atoms with Crippen molar-refractivity contribution in [1.29, 1.82) is 0 Å². The summed E-state index contributed by atoms with van der Waals surface area (Å²) in [5, 5.41) is 14.1. The first-order valence-corrected chi connectivity index (χ1v) is 22.4. The summed E-state index contributed by atoms with van der Waals surface area (Å²) >= 11 is 0. The Bertz CT molecular complexity index is 1590. The number of carbonyl (C=O) groups is 2. The van der Waals surface area contributed by atoms with Crippen molar-refractivity contribution in [2.24, 2.45) is 62.1 Å². The fourth-order valence-corrected chi connectivity index (χ4v) is 15.4. The van der Waals surface area contributed by atoms with Crippen LogP contribution in [0.4, 0.5) is 4.39 Å². The molecule has 10 atom stereocenters. The molecule has 7 heteroatoms. The van der Waals surface area contributed by atoms with Crippen LogP contribution in [0.3, 0.4) is 0 Å². The van der Waals surface area contributed by atoms with Crippen molar-refractivity contribution in [1.82, 2.24) is 10.2 Å². The van der Waals surface area contributed by atoms with E-state index < -0.39 is 18.1 Å². The number of likely N-dealkylation sites (tertiary alicyclic amines) is 1. The first-order valence-electron chi connectivity index (χ1n) is 22.4. The molecular weight excluding hydrogens is 688 g/mol. The molecule has 1 saturated heterocycles. The van der Waals surface area contributed by atoms with E-state index in [4.69, 9.17) is 4.74 Å². The number of nitrogens with one attached hydrogen (secondary N) is 1. The van der Waals surface area contributed by atoms with Gasteiger partial charge in [-0.05, 0) is 186 Å². The van der Waals surface area contributed by atoms with Crippen molar-refractivity contribution in [3.8, 4) is 0 Å². The molecule has 0 aromatic rings. The van der Waals surface area contributed by atoms with Crippen molar-refractivity contribution in [3.05, 3.63) is 35.5 Å². The Morgan fingerprint density at radius 1 is 0.909 bits per heavy atom. The molecule has 0 bridgehead atoms. The van der Waals surface area contributed by atoms with Gasteiger partial charge < -0.3 is 20.1 Å². The van der Waals surface area contributed by atoms with E-state index >= 15 is 0 Å². The first kappa shape index (κ1) is 41.2. The lowest BCUT2D eigenvalue weighted by molar-refractivity contribution is -0.221. The van der Waals surface area contributed by atoms with Crippen LogP contribution in [0.25, 0.3) is 0 Å². The highest BCUT2D eigenvalue weighted by Crippen LogP contribution is 2.76. The van der Waals surface area contributed by atoms with Gasteiger partial charge in [-0.15, -0.1) is 0 Å². The second kappa shape index (κ2) is 14.4. The number of allylic oxidation sites excluding steroid dienone is 5. The molecule has 0 aromatic heterocycles. The highest BCUT2D eigenvalue weighted by Gasteiger charge is 2.70. The summed E-state index contributed by atoms with van der Waals surface area (Å²) < 4.78 is 19.4. The lowest BCUT2D eigenvalue weighted by atomic mass is 9.33. The molecule has 6 nitrogen and oxygen atoms in total. The molecular formula is C48H75FN2O4. The monoisotopic (exact) mass is 763 g/mol. The summed E-state index contributed by atoms with van der Waals surface area (Å²) in [7, 11) is 0. The largest absolute Gasteiger partial charge is 0.481 e. The van der Waals surface area contributed by atoms with Crippen molar-refractivity contribution < 1.29 is 23.8 Å². The highest BCUT2D eigenvalue weighted by atomic mass is 19.1. The first-order chi connectivity index (χ1) is 25.9. The minimum Gasteiger partial charge on any atom is -0.481 e. The third-order valence-electron chi connectivity index (χ3n) is 18.9. The number of aliphatic carboxylic acids is 1. The maximum absolute atomic E-state index is 14.0. The van der Waals surface area contributed by atoms with Gasteiger partial charge in [0.2, 0.25) is 0 Å².